The molecule has 0 heterocycles. The number of nitrogens with one attached hydrogen (secondary N) is 1. The number of hydrogen-bond acceptors (Lipinski definition) is 2. The Hall–Kier alpha value is -0.960. The fraction of sp³-hybridized carbons (Fsp3) is 0.533. The molecule has 0 spiro atoms. The highest BCUT2D eigenvalue weighted by molar-refractivity contribution is 7.81. The minimum absolute atomic E-state index is 0.0205. The van der Waals surface area contributed by atoms with Crippen molar-refractivity contribution in [3.05, 3.63) is 34.4 Å². The molecule has 100 valence electrons. The maximum atomic E-state index is 11.3. The summed E-state index contributed by atoms with van der Waals surface area (Å²) in [5, 5.41) is 2.92. The van der Waals surface area contributed by atoms with E-state index in [0.717, 1.165) is 0 Å². The SMILES string of the molecule is Cc1ccc(C(C)(C)CNC(=O)CS)c(C)c1C. The van der Waals surface area contributed by atoms with Gasteiger partial charge in [-0.15, -0.1) is 0 Å². The van der Waals surface area contributed by atoms with Gasteiger partial charge >= 0.3 is 0 Å². The van der Waals surface area contributed by atoms with Crippen LogP contribution < -0.4 is 5.32 Å². The number of carbonyl (C=O) groups excluding carboxylic acids is 1. The fourth-order valence-electron chi connectivity index (χ4n) is 2.16. The van der Waals surface area contributed by atoms with Crippen molar-refractivity contribution < 1.29 is 4.79 Å². The average molecular weight is 265 g/mol. The number of aryl methyl sites for hydroxylation is 1. The molecule has 1 N–H and O–H groups in total. The quantitative estimate of drug-likeness (QED) is 0.805. The molecule has 1 aromatic rings. The summed E-state index contributed by atoms with van der Waals surface area (Å²) in [6.07, 6.45) is 0. The number of rotatable bonds is 4. The van der Waals surface area contributed by atoms with Crippen molar-refractivity contribution in [3.63, 3.8) is 0 Å². The van der Waals surface area contributed by atoms with Gasteiger partial charge in [0.1, 0.15) is 0 Å². The van der Waals surface area contributed by atoms with Gasteiger partial charge in [0, 0.05) is 12.0 Å². The summed E-state index contributed by atoms with van der Waals surface area (Å²) < 4.78 is 0. The predicted molar refractivity (Wildman–Crippen MR) is 80.5 cm³/mol. The van der Waals surface area contributed by atoms with Gasteiger partial charge in [-0.05, 0) is 43.0 Å². The molecule has 0 aliphatic rings. The molecule has 2 nitrogen and oxygen atoms in total. The van der Waals surface area contributed by atoms with E-state index in [-0.39, 0.29) is 17.1 Å². The largest absolute Gasteiger partial charge is 0.355 e. The first kappa shape index (κ1) is 15.1. The van der Waals surface area contributed by atoms with E-state index in [9.17, 15) is 4.79 Å². The van der Waals surface area contributed by atoms with Gasteiger partial charge in [-0.3, -0.25) is 4.79 Å². The van der Waals surface area contributed by atoms with Crippen molar-refractivity contribution in [2.45, 2.75) is 40.0 Å². The van der Waals surface area contributed by atoms with Crippen LogP contribution in [0.4, 0.5) is 0 Å². The first-order valence-corrected chi connectivity index (χ1v) is 6.87. The highest BCUT2D eigenvalue weighted by atomic mass is 32.1. The first-order valence-electron chi connectivity index (χ1n) is 6.24. The third-order valence-electron chi connectivity index (χ3n) is 3.66. The van der Waals surface area contributed by atoms with Crippen LogP contribution >= 0.6 is 12.6 Å². The molecule has 0 aliphatic carbocycles. The molecule has 0 radical (unpaired) electrons. The van der Waals surface area contributed by atoms with Gasteiger partial charge in [0.2, 0.25) is 5.91 Å². The van der Waals surface area contributed by atoms with Crippen LogP contribution in [0.3, 0.4) is 0 Å². The van der Waals surface area contributed by atoms with E-state index in [1.165, 1.54) is 22.3 Å². The van der Waals surface area contributed by atoms with E-state index in [0.29, 0.717) is 6.54 Å². The van der Waals surface area contributed by atoms with Crippen LogP contribution in [0.25, 0.3) is 0 Å². The van der Waals surface area contributed by atoms with Gasteiger partial charge in [0.15, 0.2) is 0 Å². The third-order valence-corrected chi connectivity index (χ3v) is 3.95. The topological polar surface area (TPSA) is 29.1 Å². The summed E-state index contributed by atoms with van der Waals surface area (Å²) in [4.78, 5) is 11.3. The number of hydrogen-bond donors (Lipinski definition) is 2. The molecule has 1 amide bonds. The zero-order valence-electron chi connectivity index (χ0n) is 11.9. The number of amides is 1. The molecular formula is C15H23NOS. The molecule has 18 heavy (non-hydrogen) atoms. The Morgan fingerprint density at radius 1 is 1.22 bits per heavy atom. The Morgan fingerprint density at radius 2 is 1.83 bits per heavy atom. The smallest absolute Gasteiger partial charge is 0.229 e. The highest BCUT2D eigenvalue weighted by Crippen LogP contribution is 2.28. The van der Waals surface area contributed by atoms with Gasteiger partial charge in [0.25, 0.3) is 0 Å². The minimum atomic E-state index is -0.0683. The van der Waals surface area contributed by atoms with Crippen LogP contribution in [0.15, 0.2) is 12.1 Å². The zero-order chi connectivity index (χ0) is 13.9. The third kappa shape index (κ3) is 3.29. The van der Waals surface area contributed by atoms with Crippen LogP contribution in [-0.4, -0.2) is 18.2 Å². The van der Waals surface area contributed by atoms with Crippen LogP contribution in [0.5, 0.6) is 0 Å². The van der Waals surface area contributed by atoms with E-state index < -0.39 is 0 Å². The number of benzene rings is 1. The van der Waals surface area contributed by atoms with Gasteiger partial charge in [-0.25, -0.2) is 0 Å². The van der Waals surface area contributed by atoms with Crippen LogP contribution in [-0.2, 0) is 10.2 Å². The molecule has 0 atom stereocenters. The van der Waals surface area contributed by atoms with Crippen LogP contribution in [0.2, 0.25) is 0 Å². The van der Waals surface area contributed by atoms with Gasteiger partial charge in [0.05, 0.1) is 5.75 Å². The molecule has 0 fully saturated rings. The Labute approximate surface area is 116 Å². The Kier molecular flexibility index (Phi) is 4.85. The van der Waals surface area contributed by atoms with Crippen molar-refractivity contribution in [2.24, 2.45) is 0 Å². The molecule has 1 rings (SSSR count). The molecule has 0 aliphatic heterocycles. The normalized spacial score (nSPS) is 11.4. The average Bonchev–Trinajstić information content (AvgIpc) is 2.32. The van der Waals surface area contributed by atoms with E-state index >= 15 is 0 Å². The standard InChI is InChI=1S/C15H23NOS/c1-10-6-7-13(12(3)11(10)2)15(4,5)9-16-14(17)8-18/h6-7,18H,8-9H2,1-5H3,(H,16,17). The number of carbonyl (C=O) groups is 1. The second kappa shape index (κ2) is 5.79. The maximum Gasteiger partial charge on any atom is 0.229 e. The summed E-state index contributed by atoms with van der Waals surface area (Å²) in [6, 6.07) is 4.32. The Morgan fingerprint density at radius 3 is 2.39 bits per heavy atom. The first-order chi connectivity index (χ1) is 8.29. The summed E-state index contributed by atoms with van der Waals surface area (Å²) in [5.41, 5.74) is 5.19. The second-order valence-corrected chi connectivity index (χ2v) is 5.81. The number of thiol groups is 1. The highest BCUT2D eigenvalue weighted by Gasteiger charge is 2.23. The van der Waals surface area contributed by atoms with Crippen LogP contribution in [0, 0.1) is 20.8 Å². The fourth-order valence-corrected chi connectivity index (χ4v) is 2.27. The van der Waals surface area contributed by atoms with Crippen LogP contribution in [0.1, 0.15) is 36.1 Å². The lowest BCUT2D eigenvalue weighted by atomic mass is 9.80. The monoisotopic (exact) mass is 265 g/mol. The van der Waals surface area contributed by atoms with Gasteiger partial charge in [-0.1, -0.05) is 26.0 Å². The Balaban J connectivity index is 2.98. The summed E-state index contributed by atoms with van der Waals surface area (Å²) in [5.74, 6) is 0.218. The molecular weight excluding hydrogens is 242 g/mol. The molecule has 0 aromatic heterocycles. The Bertz CT molecular complexity index is 452. The van der Waals surface area contributed by atoms with Gasteiger partial charge < -0.3 is 5.32 Å². The van der Waals surface area contributed by atoms with E-state index in [1.807, 2.05) is 0 Å². The zero-order valence-corrected chi connectivity index (χ0v) is 12.8. The lowest BCUT2D eigenvalue weighted by molar-refractivity contribution is -0.118. The molecule has 0 saturated carbocycles. The van der Waals surface area contributed by atoms with E-state index in [1.54, 1.807) is 0 Å². The summed E-state index contributed by atoms with van der Waals surface area (Å²) >= 11 is 3.97. The van der Waals surface area contributed by atoms with Crippen molar-refractivity contribution in [1.29, 1.82) is 0 Å². The van der Waals surface area contributed by atoms with Crippen molar-refractivity contribution >= 4 is 18.5 Å². The van der Waals surface area contributed by atoms with E-state index in [4.69, 9.17) is 0 Å². The molecule has 0 saturated heterocycles. The molecule has 1 aromatic carbocycles. The van der Waals surface area contributed by atoms with E-state index in [2.05, 4.69) is 64.7 Å². The second-order valence-electron chi connectivity index (χ2n) is 5.50. The van der Waals surface area contributed by atoms with Crippen molar-refractivity contribution in [1.82, 2.24) is 5.32 Å². The molecule has 0 unspecified atom stereocenters. The lowest BCUT2D eigenvalue weighted by Crippen LogP contribution is -2.37. The van der Waals surface area contributed by atoms with Gasteiger partial charge in [-0.2, -0.15) is 12.6 Å². The minimum Gasteiger partial charge on any atom is -0.355 e. The summed E-state index contributed by atoms with van der Waals surface area (Å²) in [6.45, 7) is 11.4. The lowest BCUT2D eigenvalue weighted by Gasteiger charge is -2.28. The van der Waals surface area contributed by atoms with Crippen molar-refractivity contribution in [2.75, 3.05) is 12.3 Å². The molecule has 3 heteroatoms. The summed E-state index contributed by atoms with van der Waals surface area (Å²) in [7, 11) is 0. The molecule has 0 bridgehead atoms. The van der Waals surface area contributed by atoms with Crippen molar-refractivity contribution in [3.8, 4) is 0 Å². The predicted octanol–water partition coefficient (Wildman–Crippen LogP) is 2.94. The maximum absolute atomic E-state index is 11.3.